The Hall–Kier alpha value is -3.30. The fourth-order valence-electron chi connectivity index (χ4n) is 5.24. The number of aromatic nitrogens is 3. The first-order valence-electron chi connectivity index (χ1n) is 11.8. The second kappa shape index (κ2) is 9.15. The molecule has 2 atom stereocenters. The van der Waals surface area contributed by atoms with Crippen molar-refractivity contribution >= 4 is 16.9 Å². The summed E-state index contributed by atoms with van der Waals surface area (Å²) in [6.45, 7) is 2.53. The number of hydrogen-bond acceptors (Lipinski definition) is 6. The third kappa shape index (κ3) is 4.41. The minimum atomic E-state index is -1.13. The number of rotatable bonds is 4. The lowest BCUT2D eigenvalue weighted by Gasteiger charge is -2.41. The van der Waals surface area contributed by atoms with Crippen molar-refractivity contribution in [3.05, 3.63) is 75.1 Å². The van der Waals surface area contributed by atoms with Crippen LogP contribution in [0, 0.1) is 5.92 Å². The van der Waals surface area contributed by atoms with E-state index in [1.807, 2.05) is 23.1 Å². The predicted octanol–water partition coefficient (Wildman–Crippen LogP) is 0.832. The van der Waals surface area contributed by atoms with Crippen molar-refractivity contribution in [3.63, 3.8) is 0 Å². The number of carbonyl (C=O) groups excluding carboxylic acids is 1. The van der Waals surface area contributed by atoms with Crippen LogP contribution in [0.25, 0.3) is 11.0 Å². The van der Waals surface area contributed by atoms with Crippen LogP contribution >= 0.6 is 0 Å². The molecule has 4 heterocycles. The average molecular weight is 464 g/mol. The van der Waals surface area contributed by atoms with Gasteiger partial charge in [-0.2, -0.15) is 0 Å². The molecule has 1 amide bonds. The van der Waals surface area contributed by atoms with Crippen LogP contribution in [0.2, 0.25) is 0 Å². The Morgan fingerprint density at radius 3 is 2.65 bits per heavy atom. The molecule has 2 aliphatic heterocycles. The maximum atomic E-state index is 13.5. The van der Waals surface area contributed by atoms with Gasteiger partial charge in [0, 0.05) is 37.5 Å². The topological polar surface area (TPSA) is 120 Å². The van der Waals surface area contributed by atoms with Crippen LogP contribution in [0.15, 0.2) is 58.4 Å². The van der Waals surface area contributed by atoms with Crippen molar-refractivity contribution < 1.29 is 9.90 Å². The molecule has 3 N–H and O–H groups in total. The van der Waals surface area contributed by atoms with Crippen LogP contribution in [0.1, 0.15) is 30.7 Å². The first kappa shape index (κ1) is 22.5. The van der Waals surface area contributed by atoms with Crippen molar-refractivity contribution in [1.29, 1.82) is 0 Å². The number of likely N-dealkylation sites (tertiary alicyclic amines) is 1. The minimum Gasteiger partial charge on any atom is -0.388 e. The van der Waals surface area contributed by atoms with E-state index in [2.05, 4.69) is 27.4 Å². The Balaban J connectivity index is 1.28. The van der Waals surface area contributed by atoms with E-state index in [4.69, 9.17) is 0 Å². The fourth-order valence-corrected chi connectivity index (χ4v) is 5.24. The summed E-state index contributed by atoms with van der Waals surface area (Å²) in [7, 11) is 0. The Bertz CT molecular complexity index is 1290. The van der Waals surface area contributed by atoms with E-state index in [-0.39, 0.29) is 35.4 Å². The highest BCUT2D eigenvalue weighted by atomic mass is 16.3. The summed E-state index contributed by atoms with van der Waals surface area (Å²) in [4.78, 5) is 46.5. The Labute approximate surface area is 196 Å². The lowest BCUT2D eigenvalue weighted by molar-refractivity contribution is -0.141. The van der Waals surface area contributed by atoms with Gasteiger partial charge in [-0.15, -0.1) is 0 Å². The summed E-state index contributed by atoms with van der Waals surface area (Å²) in [6.07, 6.45) is 2.93. The SMILES string of the molecule is O=C([C@@H]1CCNC[C@H]1c1ccccc1)N1CCC(O)(Cn2cnc3ccc(=O)[nH]c3c2=O)CC1. The molecule has 2 saturated heterocycles. The lowest BCUT2D eigenvalue weighted by Crippen LogP contribution is -2.52. The van der Waals surface area contributed by atoms with Gasteiger partial charge in [-0.05, 0) is 37.4 Å². The van der Waals surface area contributed by atoms with E-state index in [0.717, 1.165) is 19.5 Å². The van der Waals surface area contributed by atoms with E-state index in [1.165, 1.54) is 28.6 Å². The monoisotopic (exact) mass is 463 g/mol. The van der Waals surface area contributed by atoms with Gasteiger partial charge in [-0.1, -0.05) is 30.3 Å². The van der Waals surface area contributed by atoms with Crippen molar-refractivity contribution in [1.82, 2.24) is 24.8 Å². The van der Waals surface area contributed by atoms with Crippen LogP contribution in [-0.4, -0.2) is 62.2 Å². The quantitative estimate of drug-likeness (QED) is 0.527. The van der Waals surface area contributed by atoms with Gasteiger partial charge in [0.05, 0.1) is 24.0 Å². The first-order chi connectivity index (χ1) is 16.4. The van der Waals surface area contributed by atoms with Crippen molar-refractivity contribution in [2.45, 2.75) is 37.3 Å². The molecule has 5 rings (SSSR count). The number of amides is 1. The number of carbonyl (C=O) groups is 1. The highest BCUT2D eigenvalue weighted by Gasteiger charge is 2.39. The molecule has 1 aromatic carbocycles. The largest absolute Gasteiger partial charge is 0.388 e. The molecule has 178 valence electrons. The smallest absolute Gasteiger partial charge is 0.277 e. The molecule has 2 aliphatic rings. The molecule has 0 spiro atoms. The number of pyridine rings is 1. The van der Waals surface area contributed by atoms with E-state index < -0.39 is 11.2 Å². The number of benzene rings is 1. The molecule has 0 aliphatic carbocycles. The molecule has 9 nitrogen and oxygen atoms in total. The summed E-state index contributed by atoms with van der Waals surface area (Å²) >= 11 is 0. The number of aliphatic hydroxyl groups is 1. The summed E-state index contributed by atoms with van der Waals surface area (Å²) in [5.41, 5.74) is -0.190. The van der Waals surface area contributed by atoms with E-state index >= 15 is 0 Å². The van der Waals surface area contributed by atoms with Gasteiger partial charge in [0.25, 0.3) is 5.56 Å². The fraction of sp³-hybridized carbons (Fsp3) is 0.440. The predicted molar refractivity (Wildman–Crippen MR) is 128 cm³/mol. The zero-order valence-corrected chi connectivity index (χ0v) is 18.9. The van der Waals surface area contributed by atoms with Gasteiger partial charge in [0.2, 0.25) is 11.5 Å². The van der Waals surface area contributed by atoms with Gasteiger partial charge in [0.1, 0.15) is 5.52 Å². The van der Waals surface area contributed by atoms with Crippen LogP contribution < -0.4 is 16.4 Å². The Morgan fingerprint density at radius 2 is 1.88 bits per heavy atom. The van der Waals surface area contributed by atoms with Gasteiger partial charge < -0.3 is 20.3 Å². The van der Waals surface area contributed by atoms with Crippen LogP contribution in [0.5, 0.6) is 0 Å². The maximum absolute atomic E-state index is 13.5. The molecule has 34 heavy (non-hydrogen) atoms. The molecule has 0 radical (unpaired) electrons. The number of nitrogens with zero attached hydrogens (tertiary/aromatic N) is 3. The number of hydrogen-bond donors (Lipinski definition) is 3. The normalized spacial score (nSPS) is 22.6. The van der Waals surface area contributed by atoms with Gasteiger partial charge >= 0.3 is 0 Å². The summed E-state index contributed by atoms with van der Waals surface area (Å²) in [5, 5.41) is 14.6. The molecule has 9 heteroatoms. The Kier molecular flexibility index (Phi) is 6.05. The summed E-state index contributed by atoms with van der Waals surface area (Å²) in [6, 6.07) is 13.0. The first-order valence-corrected chi connectivity index (χ1v) is 11.8. The maximum Gasteiger partial charge on any atom is 0.277 e. The molecule has 0 unspecified atom stereocenters. The second-order valence-electron chi connectivity index (χ2n) is 9.43. The Morgan fingerprint density at radius 1 is 1.12 bits per heavy atom. The van der Waals surface area contributed by atoms with Crippen LogP contribution in [-0.2, 0) is 11.3 Å². The molecular weight excluding hydrogens is 434 g/mol. The van der Waals surface area contributed by atoms with E-state index in [1.54, 1.807) is 0 Å². The average Bonchev–Trinajstić information content (AvgIpc) is 2.87. The third-order valence-corrected chi connectivity index (χ3v) is 7.21. The molecule has 0 bridgehead atoms. The minimum absolute atomic E-state index is 0.0632. The van der Waals surface area contributed by atoms with Gasteiger partial charge in [0.15, 0.2) is 0 Å². The number of fused-ring (bicyclic) bond motifs is 1. The lowest BCUT2D eigenvalue weighted by atomic mass is 9.80. The van der Waals surface area contributed by atoms with E-state index in [9.17, 15) is 19.5 Å². The van der Waals surface area contributed by atoms with Gasteiger partial charge in [-0.25, -0.2) is 4.98 Å². The van der Waals surface area contributed by atoms with Crippen LogP contribution in [0.3, 0.4) is 0 Å². The number of aromatic amines is 1. The number of H-pyrrole nitrogens is 1. The highest BCUT2D eigenvalue weighted by molar-refractivity contribution is 5.80. The molecule has 2 fully saturated rings. The molecule has 3 aromatic rings. The summed E-state index contributed by atoms with van der Waals surface area (Å²) < 4.78 is 1.34. The van der Waals surface area contributed by atoms with Crippen LogP contribution in [0.4, 0.5) is 0 Å². The van der Waals surface area contributed by atoms with E-state index in [0.29, 0.717) is 31.4 Å². The van der Waals surface area contributed by atoms with Crippen molar-refractivity contribution in [2.75, 3.05) is 26.2 Å². The number of nitrogens with one attached hydrogen (secondary N) is 2. The van der Waals surface area contributed by atoms with Gasteiger partial charge in [-0.3, -0.25) is 19.0 Å². The van der Waals surface area contributed by atoms with Crippen molar-refractivity contribution in [3.8, 4) is 0 Å². The summed E-state index contributed by atoms with van der Waals surface area (Å²) in [5.74, 6) is 0.186. The molecule has 2 aromatic heterocycles. The second-order valence-corrected chi connectivity index (χ2v) is 9.43. The molecular formula is C25H29N5O4. The highest BCUT2D eigenvalue weighted by Crippen LogP contribution is 2.33. The zero-order valence-electron chi connectivity index (χ0n) is 18.9. The molecule has 0 saturated carbocycles. The number of piperidine rings is 2. The standard InChI is InChI=1S/C25H29N5O4/c31-21-7-6-20-22(28-21)24(33)30(16-27-20)15-25(34)9-12-29(13-10-25)23(32)18-8-11-26-14-19(18)17-4-2-1-3-5-17/h1-7,16,18-19,26,34H,8-15H2,(H,28,31)/t18-,19+/m1/s1. The van der Waals surface area contributed by atoms with Crippen molar-refractivity contribution in [2.24, 2.45) is 5.92 Å². The zero-order chi connectivity index (χ0) is 23.7. The third-order valence-electron chi connectivity index (χ3n) is 7.21.